The predicted molar refractivity (Wildman–Crippen MR) is 142 cm³/mol. The molecule has 1 aliphatic rings. The van der Waals surface area contributed by atoms with E-state index in [4.69, 9.17) is 9.84 Å². The van der Waals surface area contributed by atoms with Crippen molar-refractivity contribution in [2.75, 3.05) is 11.0 Å². The van der Waals surface area contributed by atoms with Crippen molar-refractivity contribution in [3.05, 3.63) is 89.1 Å². The summed E-state index contributed by atoms with van der Waals surface area (Å²) in [5, 5.41) is 5.85. The van der Waals surface area contributed by atoms with Crippen molar-refractivity contribution < 1.29 is 13.2 Å². The van der Waals surface area contributed by atoms with Gasteiger partial charge >= 0.3 is 0 Å². The van der Waals surface area contributed by atoms with Crippen LogP contribution < -0.4 is 9.46 Å². The molecule has 1 aromatic heterocycles. The molecule has 0 saturated carbocycles. The lowest BCUT2D eigenvalue weighted by molar-refractivity contribution is 0.307. The molecule has 1 N–H and O–H groups in total. The summed E-state index contributed by atoms with van der Waals surface area (Å²) >= 11 is 0. The third kappa shape index (κ3) is 4.56. The van der Waals surface area contributed by atoms with E-state index >= 15 is 0 Å². The Labute approximate surface area is 206 Å². The zero-order valence-electron chi connectivity index (χ0n) is 20.4. The molecule has 0 amide bonds. The highest BCUT2D eigenvalue weighted by Gasteiger charge is 2.24. The second-order valence-corrected chi connectivity index (χ2v) is 11.0. The van der Waals surface area contributed by atoms with Crippen LogP contribution in [0, 0.1) is 0 Å². The van der Waals surface area contributed by atoms with E-state index in [2.05, 4.69) is 49.9 Å². The van der Waals surface area contributed by atoms with Gasteiger partial charge in [-0.1, -0.05) is 37.3 Å². The van der Waals surface area contributed by atoms with Crippen LogP contribution >= 0.6 is 0 Å². The maximum atomic E-state index is 11.9. The number of fused-ring (bicyclic) bond motifs is 3. The fourth-order valence-corrected chi connectivity index (χ4v) is 5.24. The molecule has 0 saturated heterocycles. The molecule has 5 rings (SSSR count). The second-order valence-electron chi connectivity index (χ2n) is 9.22. The summed E-state index contributed by atoms with van der Waals surface area (Å²) in [6.45, 7) is 6.82. The molecule has 0 bridgehead atoms. The molecular weight excluding hydrogens is 458 g/mol. The number of hydrogen-bond acceptors (Lipinski definition) is 4. The van der Waals surface area contributed by atoms with Gasteiger partial charge in [-0.3, -0.25) is 9.40 Å². The van der Waals surface area contributed by atoms with Gasteiger partial charge in [0.1, 0.15) is 12.4 Å². The minimum absolute atomic E-state index is 0.269. The van der Waals surface area contributed by atoms with E-state index in [1.54, 1.807) is 6.07 Å². The van der Waals surface area contributed by atoms with Gasteiger partial charge in [0.05, 0.1) is 11.8 Å². The van der Waals surface area contributed by atoms with Crippen LogP contribution in [-0.4, -0.2) is 24.5 Å². The maximum absolute atomic E-state index is 11.9. The fraction of sp³-hybridized carbons (Fsp3) is 0.250. The number of nitrogens with zero attached hydrogens (tertiary/aromatic N) is 2. The highest BCUT2D eigenvalue weighted by atomic mass is 32.2. The standard InChI is InChI=1S/C28H29N3O3S/c1-5-23(19-9-8-10-22(13-19)30-35(4,32)33)28-24-11-6-7-12-27(24)34-17-21-15-26-20(14-25(21)28)16-31(29-26)18(2)3/h6-16,18,30H,5,17H2,1-4H3/b28-23+. The van der Waals surface area contributed by atoms with Gasteiger partial charge in [-0.25, -0.2) is 8.42 Å². The first kappa shape index (κ1) is 23.2. The highest BCUT2D eigenvalue weighted by Crippen LogP contribution is 2.43. The summed E-state index contributed by atoms with van der Waals surface area (Å²) in [7, 11) is -3.38. The quantitative estimate of drug-likeness (QED) is 0.361. The SMILES string of the molecule is CC/C(=C1\c2cc3cn(C(C)C)nc3cc2COc2ccccc21)c1cccc(NS(C)(=O)=O)c1. The van der Waals surface area contributed by atoms with E-state index < -0.39 is 10.0 Å². The van der Waals surface area contributed by atoms with Crippen molar-refractivity contribution in [3.63, 3.8) is 0 Å². The van der Waals surface area contributed by atoms with Crippen LogP contribution in [0.2, 0.25) is 0 Å². The summed E-state index contributed by atoms with van der Waals surface area (Å²) in [6.07, 6.45) is 4.02. The van der Waals surface area contributed by atoms with Gasteiger partial charge < -0.3 is 4.74 Å². The van der Waals surface area contributed by atoms with Gasteiger partial charge in [-0.05, 0) is 78.4 Å². The van der Waals surface area contributed by atoms with Crippen molar-refractivity contribution in [1.82, 2.24) is 9.78 Å². The van der Waals surface area contributed by atoms with E-state index in [9.17, 15) is 8.42 Å². The highest BCUT2D eigenvalue weighted by molar-refractivity contribution is 7.92. The molecule has 2 heterocycles. The van der Waals surface area contributed by atoms with Crippen LogP contribution in [0.5, 0.6) is 5.75 Å². The largest absolute Gasteiger partial charge is 0.488 e. The Morgan fingerprint density at radius 3 is 2.63 bits per heavy atom. The molecule has 0 unspecified atom stereocenters. The molecule has 0 radical (unpaired) electrons. The van der Waals surface area contributed by atoms with Gasteiger partial charge in [0.15, 0.2) is 0 Å². The van der Waals surface area contributed by atoms with Crippen molar-refractivity contribution in [2.45, 2.75) is 39.8 Å². The average molecular weight is 488 g/mol. The number of allylic oxidation sites excluding steroid dienone is 1. The lowest BCUT2D eigenvalue weighted by atomic mass is 9.86. The summed E-state index contributed by atoms with van der Waals surface area (Å²) in [6, 6.07) is 20.3. The Bertz CT molecular complexity index is 1570. The van der Waals surface area contributed by atoms with Crippen LogP contribution in [0.15, 0.2) is 66.9 Å². The number of nitrogens with one attached hydrogen (secondary N) is 1. The first-order valence-electron chi connectivity index (χ1n) is 11.8. The molecule has 3 aromatic carbocycles. The fourth-order valence-electron chi connectivity index (χ4n) is 4.69. The predicted octanol–water partition coefficient (Wildman–Crippen LogP) is 6.25. The van der Waals surface area contributed by atoms with E-state index in [-0.39, 0.29) is 6.04 Å². The Hall–Kier alpha value is -3.58. The normalized spacial score (nSPS) is 14.8. The summed E-state index contributed by atoms with van der Waals surface area (Å²) < 4.78 is 34.6. The molecular formula is C28H29N3O3S. The second kappa shape index (κ2) is 8.89. The molecule has 6 nitrogen and oxygen atoms in total. The van der Waals surface area contributed by atoms with E-state index in [1.165, 1.54) is 0 Å². The molecule has 0 atom stereocenters. The Balaban J connectivity index is 1.79. The molecule has 1 aliphatic heterocycles. The lowest BCUT2D eigenvalue weighted by Crippen LogP contribution is -2.09. The number of sulfonamides is 1. The van der Waals surface area contributed by atoms with Gasteiger partial charge in [0, 0.05) is 28.9 Å². The minimum atomic E-state index is -3.38. The molecule has 0 aliphatic carbocycles. The summed E-state index contributed by atoms with van der Waals surface area (Å²) in [5.74, 6) is 0.833. The number of benzene rings is 3. The molecule has 35 heavy (non-hydrogen) atoms. The molecule has 180 valence electrons. The lowest BCUT2D eigenvalue weighted by Gasteiger charge is -2.18. The number of rotatable bonds is 5. The van der Waals surface area contributed by atoms with E-state index in [0.29, 0.717) is 12.3 Å². The Morgan fingerprint density at radius 2 is 1.89 bits per heavy atom. The van der Waals surface area contributed by atoms with Crippen molar-refractivity contribution in [2.24, 2.45) is 0 Å². The van der Waals surface area contributed by atoms with Crippen LogP contribution in [0.1, 0.15) is 55.5 Å². The smallest absolute Gasteiger partial charge is 0.229 e. The van der Waals surface area contributed by atoms with E-state index in [1.807, 2.05) is 41.1 Å². The van der Waals surface area contributed by atoms with Crippen LogP contribution in [-0.2, 0) is 16.6 Å². The number of anilines is 1. The first-order valence-corrected chi connectivity index (χ1v) is 13.7. The zero-order valence-corrected chi connectivity index (χ0v) is 21.2. The number of hydrogen-bond donors (Lipinski definition) is 1. The minimum Gasteiger partial charge on any atom is -0.488 e. The Kier molecular flexibility index (Phi) is 5.89. The van der Waals surface area contributed by atoms with Gasteiger partial charge in [-0.15, -0.1) is 0 Å². The maximum Gasteiger partial charge on any atom is 0.229 e. The molecule has 0 fully saturated rings. The van der Waals surface area contributed by atoms with Crippen molar-refractivity contribution in [1.29, 1.82) is 0 Å². The number of aromatic nitrogens is 2. The number of para-hydroxylation sites is 1. The van der Waals surface area contributed by atoms with Gasteiger partial charge in [0.2, 0.25) is 10.0 Å². The third-order valence-corrected chi connectivity index (χ3v) is 6.86. The van der Waals surface area contributed by atoms with Crippen molar-refractivity contribution >= 4 is 37.8 Å². The van der Waals surface area contributed by atoms with Crippen LogP contribution in [0.25, 0.3) is 22.0 Å². The third-order valence-electron chi connectivity index (χ3n) is 6.25. The van der Waals surface area contributed by atoms with Crippen LogP contribution in [0.3, 0.4) is 0 Å². The molecule has 4 aromatic rings. The first-order chi connectivity index (χ1) is 16.7. The summed E-state index contributed by atoms with van der Waals surface area (Å²) in [4.78, 5) is 0. The average Bonchev–Trinajstić information content (AvgIpc) is 3.16. The van der Waals surface area contributed by atoms with Gasteiger partial charge in [-0.2, -0.15) is 5.10 Å². The van der Waals surface area contributed by atoms with Gasteiger partial charge in [0.25, 0.3) is 0 Å². The Morgan fingerprint density at radius 1 is 1.09 bits per heavy atom. The monoisotopic (exact) mass is 487 g/mol. The topological polar surface area (TPSA) is 73.2 Å². The van der Waals surface area contributed by atoms with Crippen molar-refractivity contribution in [3.8, 4) is 5.75 Å². The number of ether oxygens (including phenoxy) is 1. The molecule has 7 heteroatoms. The zero-order chi connectivity index (χ0) is 24.7. The molecule has 0 spiro atoms. The summed E-state index contributed by atoms with van der Waals surface area (Å²) in [5.41, 5.74) is 7.91. The van der Waals surface area contributed by atoms with E-state index in [0.717, 1.165) is 62.7 Å². The van der Waals surface area contributed by atoms with Crippen LogP contribution in [0.4, 0.5) is 5.69 Å².